The summed E-state index contributed by atoms with van der Waals surface area (Å²) < 4.78 is 0.428. The van der Waals surface area contributed by atoms with Crippen molar-refractivity contribution in [1.29, 1.82) is 0 Å². The zero-order chi connectivity index (χ0) is 9.86. The molecule has 0 bridgehead atoms. The molecule has 1 heteroatoms. The second-order valence-corrected chi connectivity index (χ2v) is 6.24. The molecule has 0 aliphatic heterocycles. The van der Waals surface area contributed by atoms with Crippen LogP contribution in [0.2, 0.25) is 0 Å². The maximum atomic E-state index is 5.06. The number of thiol groups is 1. The lowest BCUT2D eigenvalue weighted by molar-refractivity contribution is 0.259. The van der Waals surface area contributed by atoms with Crippen LogP contribution in [0.4, 0.5) is 0 Å². The minimum Gasteiger partial charge on any atom is -0.172 e. The third kappa shape index (κ3) is 2.48. The number of rotatable bonds is 1. The number of hydrogen-bond acceptors (Lipinski definition) is 1. The minimum atomic E-state index is 0.428. The Morgan fingerprint density at radius 1 is 0.714 bits per heavy atom. The van der Waals surface area contributed by atoms with E-state index in [0.29, 0.717) is 4.75 Å². The van der Waals surface area contributed by atoms with Crippen LogP contribution in [0.5, 0.6) is 0 Å². The first-order valence-corrected chi connectivity index (χ1v) is 6.98. The molecule has 2 aliphatic carbocycles. The molecular formula is C13H24S. The molecule has 0 aromatic heterocycles. The van der Waals surface area contributed by atoms with Gasteiger partial charge < -0.3 is 0 Å². The van der Waals surface area contributed by atoms with E-state index in [1.54, 1.807) is 0 Å². The predicted molar refractivity (Wildman–Crippen MR) is 66.0 cm³/mol. The van der Waals surface area contributed by atoms with Crippen molar-refractivity contribution in [2.45, 2.75) is 75.4 Å². The van der Waals surface area contributed by atoms with Crippen LogP contribution in [0.25, 0.3) is 0 Å². The van der Waals surface area contributed by atoms with Crippen LogP contribution in [0.3, 0.4) is 0 Å². The summed E-state index contributed by atoms with van der Waals surface area (Å²) in [6, 6.07) is 0. The quantitative estimate of drug-likeness (QED) is 0.477. The molecule has 14 heavy (non-hydrogen) atoms. The molecule has 0 spiro atoms. The van der Waals surface area contributed by atoms with Crippen molar-refractivity contribution >= 4 is 12.6 Å². The first-order valence-electron chi connectivity index (χ1n) is 6.54. The number of hydrogen-bond donors (Lipinski definition) is 1. The smallest absolute Gasteiger partial charge is 0.0158 e. The summed E-state index contributed by atoms with van der Waals surface area (Å²) in [7, 11) is 0. The highest BCUT2D eigenvalue weighted by molar-refractivity contribution is 7.81. The lowest BCUT2D eigenvalue weighted by Crippen LogP contribution is -2.33. The van der Waals surface area contributed by atoms with Gasteiger partial charge in [0.05, 0.1) is 0 Å². The van der Waals surface area contributed by atoms with E-state index in [0.717, 1.165) is 5.92 Å². The zero-order valence-electron chi connectivity index (χ0n) is 9.30. The zero-order valence-corrected chi connectivity index (χ0v) is 10.2. The SMILES string of the molecule is SC1(C2CCCCC2)CCCCCC1. The minimum absolute atomic E-state index is 0.428. The summed E-state index contributed by atoms with van der Waals surface area (Å²) in [4.78, 5) is 0. The molecule has 0 amide bonds. The van der Waals surface area contributed by atoms with Crippen LogP contribution in [-0.2, 0) is 0 Å². The van der Waals surface area contributed by atoms with Crippen molar-refractivity contribution in [3.63, 3.8) is 0 Å². The van der Waals surface area contributed by atoms with Gasteiger partial charge in [0.1, 0.15) is 0 Å². The molecule has 2 fully saturated rings. The summed E-state index contributed by atoms with van der Waals surface area (Å²) in [5.74, 6) is 0.942. The Morgan fingerprint density at radius 3 is 1.79 bits per heavy atom. The fourth-order valence-corrected chi connectivity index (χ4v) is 3.96. The second kappa shape index (κ2) is 4.92. The van der Waals surface area contributed by atoms with Crippen LogP contribution in [0.15, 0.2) is 0 Å². The highest BCUT2D eigenvalue weighted by atomic mass is 32.1. The molecule has 0 aromatic rings. The lowest BCUT2D eigenvalue weighted by atomic mass is 9.76. The first-order chi connectivity index (χ1) is 6.81. The Hall–Kier alpha value is 0.350. The van der Waals surface area contributed by atoms with Crippen molar-refractivity contribution < 1.29 is 0 Å². The molecule has 0 heterocycles. The van der Waals surface area contributed by atoms with E-state index in [1.807, 2.05) is 0 Å². The van der Waals surface area contributed by atoms with E-state index in [-0.39, 0.29) is 0 Å². The molecule has 2 aliphatic rings. The van der Waals surface area contributed by atoms with Crippen LogP contribution in [0, 0.1) is 5.92 Å². The topological polar surface area (TPSA) is 0 Å². The standard InChI is InChI=1S/C13H24S/c14-13(10-6-1-2-7-11-13)12-8-4-3-5-9-12/h12,14H,1-11H2. The van der Waals surface area contributed by atoms with Gasteiger partial charge in [0.15, 0.2) is 0 Å². The largest absolute Gasteiger partial charge is 0.172 e. The molecule has 2 rings (SSSR count). The molecule has 0 aromatic carbocycles. The summed E-state index contributed by atoms with van der Waals surface area (Å²) in [6.45, 7) is 0. The van der Waals surface area contributed by atoms with Crippen LogP contribution in [0.1, 0.15) is 70.6 Å². The average Bonchev–Trinajstić information content (AvgIpc) is 2.46. The summed E-state index contributed by atoms with van der Waals surface area (Å²) >= 11 is 5.06. The normalized spacial score (nSPS) is 29.8. The molecule has 0 unspecified atom stereocenters. The van der Waals surface area contributed by atoms with E-state index in [9.17, 15) is 0 Å². The Kier molecular flexibility index (Phi) is 3.81. The summed E-state index contributed by atoms with van der Waals surface area (Å²) in [5.41, 5.74) is 0. The third-order valence-electron chi connectivity index (χ3n) is 4.33. The Bertz CT molecular complexity index is 162. The van der Waals surface area contributed by atoms with E-state index in [2.05, 4.69) is 0 Å². The summed E-state index contributed by atoms with van der Waals surface area (Å²) in [5, 5.41) is 0. The van der Waals surface area contributed by atoms with Crippen molar-refractivity contribution in [2.75, 3.05) is 0 Å². The van der Waals surface area contributed by atoms with E-state index >= 15 is 0 Å². The van der Waals surface area contributed by atoms with Gasteiger partial charge >= 0.3 is 0 Å². The van der Waals surface area contributed by atoms with Crippen LogP contribution >= 0.6 is 12.6 Å². The van der Waals surface area contributed by atoms with E-state index < -0.39 is 0 Å². The van der Waals surface area contributed by atoms with Crippen LogP contribution in [-0.4, -0.2) is 4.75 Å². The molecular weight excluding hydrogens is 188 g/mol. The van der Waals surface area contributed by atoms with Gasteiger partial charge in [-0.3, -0.25) is 0 Å². The Balaban J connectivity index is 1.96. The van der Waals surface area contributed by atoms with Gasteiger partial charge in [-0.1, -0.05) is 44.9 Å². The van der Waals surface area contributed by atoms with Gasteiger partial charge in [-0.05, 0) is 31.6 Å². The lowest BCUT2D eigenvalue weighted by Gasteiger charge is -2.38. The summed E-state index contributed by atoms with van der Waals surface area (Å²) in [6.07, 6.45) is 15.9. The van der Waals surface area contributed by atoms with Crippen molar-refractivity contribution in [1.82, 2.24) is 0 Å². The fraction of sp³-hybridized carbons (Fsp3) is 1.00. The fourth-order valence-electron chi connectivity index (χ4n) is 3.39. The van der Waals surface area contributed by atoms with E-state index in [4.69, 9.17) is 12.6 Å². The Morgan fingerprint density at radius 2 is 1.21 bits per heavy atom. The van der Waals surface area contributed by atoms with Gasteiger partial charge in [0.2, 0.25) is 0 Å². The van der Waals surface area contributed by atoms with Gasteiger partial charge in [-0.15, -0.1) is 0 Å². The molecule has 2 saturated carbocycles. The van der Waals surface area contributed by atoms with Gasteiger partial charge in [-0.25, -0.2) is 0 Å². The van der Waals surface area contributed by atoms with Crippen molar-refractivity contribution in [2.24, 2.45) is 5.92 Å². The predicted octanol–water partition coefficient (Wildman–Crippen LogP) is 4.59. The second-order valence-electron chi connectivity index (χ2n) is 5.35. The Labute approximate surface area is 94.3 Å². The third-order valence-corrected chi connectivity index (χ3v) is 5.15. The van der Waals surface area contributed by atoms with Gasteiger partial charge in [0.25, 0.3) is 0 Å². The molecule has 0 N–H and O–H groups in total. The highest BCUT2D eigenvalue weighted by Crippen LogP contribution is 2.44. The molecule has 0 radical (unpaired) electrons. The van der Waals surface area contributed by atoms with Gasteiger partial charge in [0, 0.05) is 4.75 Å². The van der Waals surface area contributed by atoms with Crippen molar-refractivity contribution in [3.8, 4) is 0 Å². The molecule has 0 atom stereocenters. The molecule has 82 valence electrons. The highest BCUT2D eigenvalue weighted by Gasteiger charge is 2.35. The monoisotopic (exact) mass is 212 g/mol. The maximum Gasteiger partial charge on any atom is 0.0158 e. The molecule has 0 saturated heterocycles. The molecule has 0 nitrogen and oxygen atoms in total. The average molecular weight is 212 g/mol. The first kappa shape index (κ1) is 10.9. The maximum absolute atomic E-state index is 5.06. The van der Waals surface area contributed by atoms with E-state index in [1.165, 1.54) is 70.6 Å². The van der Waals surface area contributed by atoms with Crippen LogP contribution < -0.4 is 0 Å². The van der Waals surface area contributed by atoms with Gasteiger partial charge in [-0.2, -0.15) is 12.6 Å². The van der Waals surface area contributed by atoms with Crippen molar-refractivity contribution in [3.05, 3.63) is 0 Å².